The molecule has 6 aromatic rings. The van der Waals surface area contributed by atoms with Gasteiger partial charge in [0.1, 0.15) is 48.3 Å². The summed E-state index contributed by atoms with van der Waals surface area (Å²) in [5.74, 6) is -10.8. The van der Waals surface area contributed by atoms with Crippen molar-refractivity contribution in [1.82, 2.24) is 57.5 Å². The van der Waals surface area contributed by atoms with Crippen LogP contribution in [-0.4, -0.2) is 145 Å². The molecule has 0 unspecified atom stereocenters. The van der Waals surface area contributed by atoms with Gasteiger partial charge in [0.25, 0.3) is 0 Å². The SMILES string of the molecule is CC[C@H](C)[C@H](NC(=O)[C@H](Cc1ccccc1)NC(=O)[C@H](Cc1ccccc1)NC(=O)[C@@H](NC(=O)[C@H](CC(N)=O)NC(=O)[C@@H](NC(=O)[C@H](Cc1c[nH]c2ccccc12)NC(=O)[C@H](Cc1ccccc1)NC(=O)[C@@H](N)Cc1cnc[nH]1)C(C)C)[C@@H](C)O)C(=O)O. The fourth-order valence-electron chi connectivity index (χ4n) is 9.77. The molecule has 0 fully saturated rings. The van der Waals surface area contributed by atoms with Crippen LogP contribution in [0.1, 0.15) is 75.4 Å². The van der Waals surface area contributed by atoms with Gasteiger partial charge in [-0.2, -0.15) is 0 Å². The molecule has 0 aliphatic heterocycles. The highest BCUT2D eigenvalue weighted by atomic mass is 16.4. The molecular weight excluding hydrogens is 1130 g/mol. The van der Waals surface area contributed by atoms with Crippen molar-refractivity contribution in [2.24, 2.45) is 23.3 Å². The number of para-hydroxylation sites is 1. The lowest BCUT2D eigenvalue weighted by Crippen LogP contribution is -2.63. The second kappa shape index (κ2) is 32.7. The number of nitrogens with zero attached hydrogens (tertiary/aromatic N) is 1. The number of aliphatic carboxylic acids is 1. The highest BCUT2D eigenvalue weighted by Crippen LogP contribution is 2.20. The minimum atomic E-state index is -1.86. The Kier molecular flexibility index (Phi) is 25.0. The van der Waals surface area contributed by atoms with E-state index in [1.165, 1.54) is 19.4 Å². The zero-order chi connectivity index (χ0) is 64.0. The molecule has 6 rings (SSSR count). The molecule has 0 spiro atoms. The zero-order valence-corrected chi connectivity index (χ0v) is 49.7. The number of carboxylic acids is 1. The van der Waals surface area contributed by atoms with E-state index < -0.39 is 138 Å². The maximum absolute atomic E-state index is 14.7. The molecule has 11 atom stereocenters. The van der Waals surface area contributed by atoms with Gasteiger partial charge in [0, 0.05) is 61.1 Å². The van der Waals surface area contributed by atoms with Crippen molar-refractivity contribution >= 4 is 70.0 Å². The highest BCUT2D eigenvalue weighted by molar-refractivity contribution is 6.00. The Morgan fingerprint density at radius 3 is 1.39 bits per heavy atom. The Hall–Kier alpha value is -9.75. The first kappa shape index (κ1) is 67.4. The number of hydrogen-bond donors (Lipinski definition) is 14. The quantitative estimate of drug-likeness (QED) is 0.0269. The Morgan fingerprint density at radius 1 is 0.500 bits per heavy atom. The number of aromatic amines is 2. The van der Waals surface area contributed by atoms with Crippen LogP contribution in [0.4, 0.5) is 0 Å². The number of benzene rings is 4. The number of nitrogens with one attached hydrogen (secondary N) is 10. The van der Waals surface area contributed by atoms with E-state index in [1.807, 2.05) is 18.2 Å². The molecule has 0 aliphatic rings. The summed E-state index contributed by atoms with van der Waals surface area (Å²) in [6.45, 7) is 7.77. The first-order chi connectivity index (χ1) is 42.0. The number of carbonyl (C=O) groups is 10. The number of aromatic nitrogens is 3. The van der Waals surface area contributed by atoms with Crippen molar-refractivity contribution in [2.75, 3.05) is 0 Å². The summed E-state index contributed by atoms with van der Waals surface area (Å²) in [4.78, 5) is 149. The minimum absolute atomic E-state index is 0.00946. The average molecular weight is 1210 g/mol. The van der Waals surface area contributed by atoms with Crippen LogP contribution in [-0.2, 0) is 80.0 Å². The van der Waals surface area contributed by atoms with Crippen molar-refractivity contribution in [3.63, 3.8) is 0 Å². The van der Waals surface area contributed by atoms with Crippen molar-refractivity contribution in [1.29, 1.82) is 0 Å². The second-order valence-corrected chi connectivity index (χ2v) is 22.2. The second-order valence-electron chi connectivity index (χ2n) is 22.2. The average Bonchev–Trinajstić information content (AvgIpc) is 4.29. The monoisotopic (exact) mass is 1210 g/mol. The molecule has 4 aromatic carbocycles. The molecule has 16 N–H and O–H groups in total. The molecule has 2 heterocycles. The number of hydrogen-bond acceptors (Lipinski definition) is 13. The van der Waals surface area contributed by atoms with Gasteiger partial charge >= 0.3 is 5.97 Å². The Balaban J connectivity index is 1.22. The van der Waals surface area contributed by atoms with Crippen LogP contribution in [0.25, 0.3) is 10.9 Å². The van der Waals surface area contributed by atoms with Crippen LogP contribution >= 0.6 is 0 Å². The maximum atomic E-state index is 14.7. The van der Waals surface area contributed by atoms with Crippen molar-refractivity contribution in [3.8, 4) is 0 Å². The first-order valence-corrected chi connectivity index (χ1v) is 29.0. The van der Waals surface area contributed by atoms with E-state index in [4.69, 9.17) is 11.5 Å². The van der Waals surface area contributed by atoms with E-state index in [0.29, 0.717) is 34.4 Å². The smallest absolute Gasteiger partial charge is 0.326 e. The molecule has 0 saturated carbocycles. The van der Waals surface area contributed by atoms with Gasteiger partial charge < -0.3 is 74.2 Å². The largest absolute Gasteiger partial charge is 0.480 e. The van der Waals surface area contributed by atoms with Gasteiger partial charge in [0.15, 0.2) is 0 Å². The summed E-state index contributed by atoms with van der Waals surface area (Å²) in [5.41, 5.74) is 15.7. The number of fused-ring (bicyclic) bond motifs is 1. The maximum Gasteiger partial charge on any atom is 0.326 e. The third-order valence-corrected chi connectivity index (χ3v) is 14.9. The van der Waals surface area contributed by atoms with E-state index in [-0.39, 0.29) is 32.1 Å². The molecule has 25 nitrogen and oxygen atoms in total. The van der Waals surface area contributed by atoms with Crippen LogP contribution in [0.2, 0.25) is 0 Å². The summed E-state index contributed by atoms with van der Waals surface area (Å²) < 4.78 is 0. The normalized spacial score (nSPS) is 15.0. The number of imidazole rings is 1. The molecule has 468 valence electrons. The Labute approximate surface area is 509 Å². The standard InChI is InChI=1S/C63H79N13O12/c1-6-36(4)53(63(87)88)75-58(82)48(28-40-22-14-9-15-23-40)70-57(81)47(27-39-20-12-8-13-21-39)72-62(86)54(37(5)77)76-60(84)50(31-51(65)78)73-61(85)52(35(2)3)74-59(83)49(29-41-32-67-45-25-17-16-24-43(41)45)71-56(80)46(26-38-18-10-7-11-19-38)69-55(79)44(64)30-42-33-66-34-68-42/h7-25,32-37,44,46-50,52-54,67,77H,6,26-31,64H2,1-5H3,(H2,65,78)(H,66,68)(H,69,79)(H,70,81)(H,71,80)(H,72,86)(H,73,85)(H,74,83)(H,75,82)(H,76,84)(H,87,88)/t36-,37+,44-,46-,47-,48-,49-,50-,52-,53-,54-/m0/s1. The topological polar surface area (TPSA) is 404 Å². The van der Waals surface area contributed by atoms with Crippen LogP contribution in [0, 0.1) is 11.8 Å². The van der Waals surface area contributed by atoms with Gasteiger partial charge in [-0.05, 0) is 47.1 Å². The fraction of sp³-hybridized carbons (Fsp3) is 0.381. The summed E-state index contributed by atoms with van der Waals surface area (Å²) >= 11 is 0. The predicted molar refractivity (Wildman–Crippen MR) is 326 cm³/mol. The van der Waals surface area contributed by atoms with E-state index >= 15 is 0 Å². The summed E-state index contributed by atoms with van der Waals surface area (Å²) in [7, 11) is 0. The van der Waals surface area contributed by atoms with Gasteiger partial charge in [-0.15, -0.1) is 0 Å². The van der Waals surface area contributed by atoms with E-state index in [1.54, 1.807) is 131 Å². The van der Waals surface area contributed by atoms with Gasteiger partial charge in [0.05, 0.1) is 24.9 Å². The van der Waals surface area contributed by atoms with Crippen molar-refractivity contribution in [3.05, 3.63) is 162 Å². The number of H-pyrrole nitrogens is 2. The molecule has 9 amide bonds. The molecule has 0 radical (unpaired) electrons. The van der Waals surface area contributed by atoms with Crippen LogP contribution in [0.5, 0.6) is 0 Å². The number of aliphatic hydroxyl groups excluding tert-OH is 1. The van der Waals surface area contributed by atoms with E-state index in [2.05, 4.69) is 57.5 Å². The van der Waals surface area contributed by atoms with Gasteiger partial charge in [0.2, 0.25) is 53.2 Å². The fourth-order valence-corrected chi connectivity index (χ4v) is 9.77. The Morgan fingerprint density at radius 2 is 0.920 bits per heavy atom. The lowest BCUT2D eigenvalue weighted by Gasteiger charge is -2.29. The molecule has 2 aromatic heterocycles. The Bertz CT molecular complexity index is 3330. The number of rotatable bonds is 33. The van der Waals surface area contributed by atoms with Crippen LogP contribution in [0.15, 0.2) is 134 Å². The zero-order valence-electron chi connectivity index (χ0n) is 49.7. The summed E-state index contributed by atoms with van der Waals surface area (Å²) in [5, 5.41) is 42.7. The van der Waals surface area contributed by atoms with Crippen LogP contribution < -0.4 is 54.0 Å². The summed E-state index contributed by atoms with van der Waals surface area (Å²) in [6, 6.07) is 20.1. The summed E-state index contributed by atoms with van der Waals surface area (Å²) in [6.07, 6.45) is 2.19. The van der Waals surface area contributed by atoms with E-state index in [9.17, 15) is 58.2 Å². The third-order valence-electron chi connectivity index (χ3n) is 14.9. The number of carbonyl (C=O) groups excluding carboxylic acids is 9. The minimum Gasteiger partial charge on any atom is -0.480 e. The molecule has 25 heteroatoms. The van der Waals surface area contributed by atoms with E-state index in [0.717, 1.165) is 10.9 Å². The number of carboxylic acid groups (broad SMARTS) is 1. The third kappa shape index (κ3) is 19.9. The van der Waals surface area contributed by atoms with Gasteiger partial charge in [-0.3, -0.25) is 43.2 Å². The molecule has 0 saturated heterocycles. The van der Waals surface area contributed by atoms with Crippen molar-refractivity contribution in [2.45, 2.75) is 140 Å². The lowest BCUT2D eigenvalue weighted by atomic mass is 9.97. The number of aliphatic hydroxyl groups is 1. The van der Waals surface area contributed by atoms with Crippen LogP contribution in [0.3, 0.4) is 0 Å². The molecule has 0 bridgehead atoms. The number of nitrogens with two attached hydrogens (primary N) is 2. The number of primary amides is 1. The number of amides is 9. The van der Waals surface area contributed by atoms with Gasteiger partial charge in [-0.1, -0.05) is 143 Å². The van der Waals surface area contributed by atoms with Gasteiger partial charge in [-0.25, -0.2) is 9.78 Å². The van der Waals surface area contributed by atoms with Crippen molar-refractivity contribution < 1.29 is 58.2 Å². The predicted octanol–water partition coefficient (Wildman–Crippen LogP) is 0.653. The molecular formula is C63H79N13O12. The lowest BCUT2D eigenvalue weighted by molar-refractivity contribution is -0.144. The first-order valence-electron chi connectivity index (χ1n) is 29.0. The molecule has 88 heavy (non-hydrogen) atoms. The highest BCUT2D eigenvalue weighted by Gasteiger charge is 2.38. The molecule has 0 aliphatic carbocycles.